The second kappa shape index (κ2) is 8.27. The third-order valence-corrected chi connectivity index (χ3v) is 16.3. The van der Waals surface area contributed by atoms with Crippen molar-refractivity contribution in [3.63, 3.8) is 0 Å². The molecule has 5 aliphatic rings. The normalized spacial score (nSPS) is 23.2. The van der Waals surface area contributed by atoms with Gasteiger partial charge in [-0.25, -0.2) is 0 Å². The molecule has 2 atom stereocenters. The van der Waals surface area contributed by atoms with Crippen LogP contribution in [0.1, 0.15) is 0 Å². The Labute approximate surface area is 227 Å². The molecule has 2 unspecified atom stereocenters. The Morgan fingerprint density at radius 1 is 0.867 bits per heavy atom. The Balaban J connectivity index is 0.000000963. The minimum absolute atomic E-state index is 0. The van der Waals surface area contributed by atoms with Gasteiger partial charge in [0.15, 0.2) is 0 Å². The smallest absolute Gasteiger partial charge is 1.00 e. The molecule has 0 N–H and O–H groups in total. The summed E-state index contributed by atoms with van der Waals surface area (Å²) in [6.07, 6.45) is 4.85. The van der Waals surface area contributed by atoms with Crippen LogP contribution in [0.25, 0.3) is 23.3 Å². The minimum atomic E-state index is -0.698. The van der Waals surface area contributed by atoms with Gasteiger partial charge in [-0.3, -0.25) is 0 Å². The summed E-state index contributed by atoms with van der Waals surface area (Å²) >= 11 is 13.0. The largest absolute Gasteiger partial charge is 1.00 e. The van der Waals surface area contributed by atoms with Gasteiger partial charge < -0.3 is 24.8 Å². The van der Waals surface area contributed by atoms with Gasteiger partial charge in [-0.15, -0.1) is 0 Å². The van der Waals surface area contributed by atoms with Crippen molar-refractivity contribution in [2.24, 2.45) is 0 Å². The first-order valence-corrected chi connectivity index (χ1v) is 16.0. The molecule has 0 saturated carbocycles. The zero-order valence-corrected chi connectivity index (χ0v) is 24.6. The molecule has 2 aromatic carbocycles. The first kappa shape index (κ1) is 22.7. The minimum Gasteiger partial charge on any atom is -1.00 e. The van der Waals surface area contributed by atoms with Crippen LogP contribution in [0.15, 0.2) is 65.0 Å². The number of fused-ring (bicyclic) bond motifs is 5. The maximum atomic E-state index is 3.76. The monoisotopic (exact) mass is 688 g/mol. The molecule has 0 spiro atoms. The zero-order chi connectivity index (χ0) is 18.6. The predicted octanol–water partition coefficient (Wildman–Crippen LogP) is -1.76. The topological polar surface area (TPSA) is 0 Å². The van der Waals surface area contributed by atoms with E-state index in [-0.39, 0.29) is 24.8 Å². The van der Waals surface area contributed by atoms with Gasteiger partial charge in [-0.2, -0.15) is 0 Å². The van der Waals surface area contributed by atoms with Gasteiger partial charge in [-0.05, 0) is 0 Å². The molecule has 0 fully saturated rings. The molecular weight excluding hydrogens is 682 g/mol. The summed E-state index contributed by atoms with van der Waals surface area (Å²) in [6.45, 7) is 0. The number of thioether (sulfide) groups is 3. The number of benzene rings is 2. The van der Waals surface area contributed by atoms with E-state index in [1.807, 2.05) is 11.8 Å². The van der Waals surface area contributed by atoms with E-state index in [9.17, 15) is 0 Å². The van der Waals surface area contributed by atoms with Crippen molar-refractivity contribution >= 4 is 90.4 Å². The van der Waals surface area contributed by atoms with Crippen LogP contribution in [-0.4, -0.2) is 5.92 Å². The average Bonchev–Trinajstić information content (AvgIpc) is 3.36. The van der Waals surface area contributed by atoms with E-state index in [0.29, 0.717) is 2.96 Å². The Morgan fingerprint density at radius 3 is 2.57 bits per heavy atom. The van der Waals surface area contributed by atoms with E-state index in [2.05, 4.69) is 103 Å². The summed E-state index contributed by atoms with van der Waals surface area (Å²) in [4.78, 5) is 1.42. The molecule has 2 aliphatic carbocycles. The molecule has 0 radical (unpaired) electrons. The first-order chi connectivity index (χ1) is 13.7. The van der Waals surface area contributed by atoms with Gasteiger partial charge in [0.25, 0.3) is 0 Å². The maximum absolute atomic E-state index is 3.76. The molecule has 8 heteroatoms. The molecule has 0 nitrogen and oxygen atoms in total. The van der Waals surface area contributed by atoms with Crippen molar-refractivity contribution in [2.45, 2.75) is 10.8 Å². The third-order valence-electron chi connectivity index (χ3n) is 5.69. The van der Waals surface area contributed by atoms with Crippen molar-refractivity contribution < 1.29 is 48.0 Å². The summed E-state index contributed by atoms with van der Waals surface area (Å²) in [6, 6.07) is 11.4. The summed E-state index contributed by atoms with van der Waals surface area (Å²) in [5.41, 5.74) is 6.27. The number of hydrogen-bond acceptors (Lipinski definition) is 3. The zero-order valence-electron chi connectivity index (χ0n) is 15.0. The van der Waals surface area contributed by atoms with Crippen LogP contribution in [0.4, 0.5) is 0 Å². The van der Waals surface area contributed by atoms with E-state index in [4.69, 9.17) is 0 Å². The Bertz CT molecular complexity index is 1460. The van der Waals surface area contributed by atoms with E-state index >= 15 is 0 Å². The van der Waals surface area contributed by atoms with Crippen LogP contribution in [0.2, 0.25) is 0 Å². The summed E-state index contributed by atoms with van der Waals surface area (Å²) < 4.78 is 5.30. The third kappa shape index (κ3) is 3.27. The van der Waals surface area contributed by atoms with Crippen molar-refractivity contribution in [1.29, 1.82) is 0 Å². The predicted molar refractivity (Wildman–Crippen MR) is 126 cm³/mol. The number of rotatable bonds is 0. The molecule has 148 valence electrons. The van der Waals surface area contributed by atoms with Crippen molar-refractivity contribution in [3.8, 4) is 0 Å². The van der Waals surface area contributed by atoms with Crippen LogP contribution >= 0.6 is 67.1 Å². The molecule has 7 rings (SSSR count). The fourth-order valence-corrected chi connectivity index (χ4v) is 17.4. The second-order valence-electron chi connectivity index (χ2n) is 7.27. The van der Waals surface area contributed by atoms with Gasteiger partial charge in [0.1, 0.15) is 0 Å². The molecular formula is C22H10Br2Cl2S3Zr. The van der Waals surface area contributed by atoms with Crippen LogP contribution in [0.5, 0.6) is 0 Å². The molecule has 0 saturated heterocycles. The van der Waals surface area contributed by atoms with E-state index in [0.717, 1.165) is 2.96 Å². The van der Waals surface area contributed by atoms with Gasteiger partial charge in [0.2, 0.25) is 0 Å². The van der Waals surface area contributed by atoms with Crippen LogP contribution in [0, 0.1) is 0 Å². The van der Waals surface area contributed by atoms with Gasteiger partial charge in [0.05, 0.1) is 0 Å². The number of allylic oxidation sites excluding steroid dienone is 2. The van der Waals surface area contributed by atoms with Crippen LogP contribution in [0.3, 0.4) is 0 Å². The van der Waals surface area contributed by atoms with E-state index in [1.165, 1.54) is 50.1 Å². The summed E-state index contributed by atoms with van der Waals surface area (Å²) in [7, 11) is 0. The van der Waals surface area contributed by atoms with Crippen molar-refractivity contribution in [1.82, 2.24) is 0 Å². The Hall–Kier alpha value is 0.873. The van der Waals surface area contributed by atoms with Crippen molar-refractivity contribution in [3.05, 3.63) is 80.9 Å². The molecule has 30 heavy (non-hydrogen) atoms. The van der Waals surface area contributed by atoms with E-state index in [1.54, 1.807) is 11.1 Å². The molecule has 0 amide bonds. The first-order valence-electron chi connectivity index (χ1n) is 8.94. The van der Waals surface area contributed by atoms with Crippen molar-refractivity contribution in [2.75, 3.05) is 0 Å². The quantitative estimate of drug-likeness (QED) is 0.322. The molecule has 3 aliphatic heterocycles. The molecule has 2 aromatic rings. The molecule has 3 heterocycles. The van der Waals surface area contributed by atoms with Gasteiger partial charge >= 0.3 is 205 Å². The maximum Gasteiger partial charge on any atom is -1.00 e. The standard InChI is InChI=1S/C22H10Br2S3.2ClH.Zr/c23-14-1-2-16-11(4-14)6-17-19(16)10-26-22(17)27-20-7-15(24)5-12-3-13-8-25-9-18(13)21(12)20;;;/h1-10H;2*1H;/q;;;+2/p-2. The summed E-state index contributed by atoms with van der Waals surface area (Å²) in [5.74, 6) is 0. The van der Waals surface area contributed by atoms with Gasteiger partial charge in [-0.1, -0.05) is 0 Å². The van der Waals surface area contributed by atoms with Crippen LogP contribution in [-0.2, 0) is 23.2 Å². The Morgan fingerprint density at radius 2 is 1.70 bits per heavy atom. The average molecular weight is 692 g/mol. The second-order valence-corrected chi connectivity index (χ2v) is 18.2. The summed E-state index contributed by atoms with van der Waals surface area (Å²) in [5, 5.41) is 8.22. The Kier molecular flexibility index (Phi) is 6.25. The number of halogens is 4. The molecule has 2 bridgehead atoms. The van der Waals surface area contributed by atoms with Crippen LogP contribution < -0.4 is 45.7 Å². The fraction of sp³-hybridized carbons (Fsp3) is 0.0909. The fourth-order valence-electron chi connectivity index (χ4n) is 4.58. The van der Waals surface area contributed by atoms with E-state index < -0.39 is 23.2 Å². The van der Waals surface area contributed by atoms with Gasteiger partial charge in [0, 0.05) is 0 Å². The molecule has 0 aromatic heterocycles. The SMILES string of the molecule is Brc1ccc2c(c1)=CC1=C3Sc4cc(Br)cc5c4=C4C(=CS[CH]4[Zr+2][CH](S3)C=21)C=5.[Cl-].[Cl-]. The number of hydrogen-bond donors (Lipinski definition) is 0.